The second-order valence-electron chi connectivity index (χ2n) is 16.3. The van der Waals surface area contributed by atoms with E-state index in [1.807, 2.05) is 0 Å². The Labute approximate surface area is 383 Å². The Balaban J connectivity index is 1.20. The van der Waals surface area contributed by atoms with E-state index in [4.69, 9.17) is 21.3 Å². The number of carbonyl (C=O) groups excluding carboxylic acids is 8. The van der Waals surface area contributed by atoms with Crippen LogP contribution in [-0.2, 0) is 44.8 Å². The molecular formula is C42H63N9O13S. The molecule has 2 saturated heterocycles. The number of nitrogens with one attached hydrogen (secondary N) is 4. The van der Waals surface area contributed by atoms with Crippen molar-refractivity contribution in [3.8, 4) is 0 Å². The molecular weight excluding hydrogens is 871 g/mol. The van der Waals surface area contributed by atoms with Crippen molar-refractivity contribution in [2.24, 2.45) is 16.6 Å². The molecule has 0 aliphatic carbocycles. The van der Waals surface area contributed by atoms with Crippen molar-refractivity contribution in [1.82, 2.24) is 30.7 Å². The SMILES string of the molecule is [3H]C1CC(=O)N(CCCCCC(=O)N[C@H](C(=O)N[C@@H](CCCNC(N)=O)C(=O)Nc2ccc(COC(=O)N(C)CCN(C)C(=O)OC[C@H]3O[C@@H]4SC(C)=N[C@@H]4[C@@H](O)[C@@H]3O)cc2)C(C)C)C1=O. The fourth-order valence-electron chi connectivity index (χ4n) is 6.93. The van der Waals surface area contributed by atoms with E-state index in [1.54, 1.807) is 45.0 Å². The molecule has 4 rings (SSSR count). The Kier molecular flexibility index (Phi) is 19.6. The maximum absolute atomic E-state index is 13.5. The Hall–Kier alpha value is -5.52. The minimum Gasteiger partial charge on any atom is -0.447 e. The van der Waals surface area contributed by atoms with Crippen LogP contribution in [0.25, 0.3) is 0 Å². The number of nitrogens with two attached hydrogens (primary N) is 1. The predicted molar refractivity (Wildman–Crippen MR) is 237 cm³/mol. The summed E-state index contributed by atoms with van der Waals surface area (Å²) in [4.78, 5) is 108. The zero-order chi connectivity index (χ0) is 48.7. The van der Waals surface area contributed by atoms with Crippen LogP contribution in [0.5, 0.6) is 0 Å². The van der Waals surface area contributed by atoms with Gasteiger partial charge in [0, 0.05) is 66.6 Å². The van der Waals surface area contributed by atoms with E-state index in [2.05, 4.69) is 26.3 Å². The number of likely N-dealkylation sites (N-methyl/N-ethyl adjacent to an activating group) is 2. The van der Waals surface area contributed by atoms with Gasteiger partial charge in [0.1, 0.15) is 55.1 Å². The quantitative estimate of drug-likeness (QED) is 0.0596. The predicted octanol–water partition coefficient (Wildman–Crippen LogP) is 1.03. The molecule has 3 aliphatic heterocycles. The minimum atomic E-state index is -1.30. The number of aliphatic hydroxyl groups excluding tert-OH is 2. The summed E-state index contributed by atoms with van der Waals surface area (Å²) in [6.07, 6.45) is -4.07. The molecule has 0 bridgehead atoms. The fraction of sp³-hybridized carbons (Fsp3) is 0.643. The van der Waals surface area contributed by atoms with E-state index in [1.165, 1.54) is 35.7 Å². The highest BCUT2D eigenvalue weighted by atomic mass is 32.2. The van der Waals surface area contributed by atoms with Gasteiger partial charge in [-0.15, -0.1) is 0 Å². The zero-order valence-corrected chi connectivity index (χ0v) is 38.2. The molecule has 2 fully saturated rings. The minimum absolute atomic E-state index is 0.0829. The molecule has 1 aromatic rings. The number of urea groups is 1. The van der Waals surface area contributed by atoms with Crippen LogP contribution >= 0.6 is 11.8 Å². The van der Waals surface area contributed by atoms with Crippen LogP contribution in [0, 0.1) is 5.92 Å². The van der Waals surface area contributed by atoms with E-state index in [9.17, 15) is 48.6 Å². The Morgan fingerprint density at radius 3 is 2.26 bits per heavy atom. The number of ether oxygens (including phenoxy) is 3. The standard InChI is InChI=1S/C42H63N9O13S/c1-24(2)33(48-30(52)11-7-6-8-19-51-31(53)16-17-32(51)54)38(58)47-28(10-9-18-44-40(43)59)37(57)46-27-14-12-26(13-15-27)22-62-41(60)49(4)20-21-50(5)42(61)63-23-29-35(55)36(56)34-39(64-29)65-25(3)45-34/h12-15,24,28-29,33-36,39,55-56H,6-11,16-23H2,1-5H3,(H,46,57)(H,47,58)(H,48,52)(H3,43,44,59)/t28-,29+,33-,34+,35+,36+,39+/m0/s1/i16T/t16?,28-,29+,33-,34+,35+,36+,39+. The molecule has 3 heterocycles. The van der Waals surface area contributed by atoms with E-state index in [0.29, 0.717) is 30.5 Å². The Bertz CT molecular complexity index is 1930. The highest BCUT2D eigenvalue weighted by Crippen LogP contribution is 2.36. The number of hydrogen-bond donors (Lipinski definition) is 7. The smallest absolute Gasteiger partial charge is 0.409 e. The van der Waals surface area contributed by atoms with Gasteiger partial charge in [-0.25, -0.2) is 14.4 Å². The summed E-state index contributed by atoms with van der Waals surface area (Å²) in [6.45, 7) is 5.36. The van der Waals surface area contributed by atoms with Crippen LogP contribution in [0.3, 0.4) is 0 Å². The number of nitrogens with zero attached hydrogens (tertiary/aromatic N) is 4. The third-order valence-electron chi connectivity index (χ3n) is 10.8. The van der Waals surface area contributed by atoms with Gasteiger partial charge in [-0.1, -0.05) is 44.2 Å². The summed E-state index contributed by atoms with van der Waals surface area (Å²) in [5.41, 5.74) is 5.65. The number of anilines is 1. The number of unbranched alkanes of at least 4 members (excludes halogenated alkanes) is 2. The second kappa shape index (κ2) is 25.2. The molecule has 8 atom stereocenters. The van der Waals surface area contributed by atoms with Gasteiger partial charge in [-0.3, -0.25) is 33.9 Å². The number of hydrogen-bond acceptors (Lipinski definition) is 15. The molecule has 9 amide bonds. The van der Waals surface area contributed by atoms with Gasteiger partial charge in [0.15, 0.2) is 0 Å². The normalized spacial score (nSPS) is 22.5. The number of imide groups is 1. The molecule has 8 N–H and O–H groups in total. The van der Waals surface area contributed by atoms with E-state index >= 15 is 0 Å². The molecule has 65 heavy (non-hydrogen) atoms. The first-order chi connectivity index (χ1) is 31.2. The van der Waals surface area contributed by atoms with Gasteiger partial charge in [-0.05, 0) is 56.2 Å². The highest BCUT2D eigenvalue weighted by molar-refractivity contribution is 8.14. The molecule has 3 aliphatic rings. The third-order valence-corrected chi connectivity index (χ3v) is 11.9. The fourth-order valence-corrected chi connectivity index (χ4v) is 8.00. The number of likely N-dealkylation sites (tertiary alicyclic amines) is 1. The van der Waals surface area contributed by atoms with Crippen LogP contribution in [0.2, 0.25) is 0 Å². The topological polar surface area (TPSA) is 301 Å². The average Bonchev–Trinajstić information content (AvgIpc) is 3.77. The number of amides is 9. The largest absolute Gasteiger partial charge is 0.447 e. The average molecular weight is 936 g/mol. The third kappa shape index (κ3) is 16.1. The van der Waals surface area contributed by atoms with Crippen LogP contribution in [0.15, 0.2) is 29.3 Å². The molecule has 0 aromatic heterocycles. The first-order valence-corrected chi connectivity index (χ1v) is 22.4. The van der Waals surface area contributed by atoms with Gasteiger partial charge in [0.25, 0.3) is 0 Å². The van der Waals surface area contributed by atoms with Crippen molar-refractivity contribution < 1.29 is 64.2 Å². The molecule has 0 radical (unpaired) electrons. The van der Waals surface area contributed by atoms with Gasteiger partial charge in [-0.2, -0.15) is 0 Å². The number of primary amides is 1. The molecule has 1 unspecified atom stereocenters. The van der Waals surface area contributed by atoms with Crippen LogP contribution < -0.4 is 27.0 Å². The molecule has 0 spiro atoms. The maximum atomic E-state index is 13.5. The van der Waals surface area contributed by atoms with Crippen molar-refractivity contribution in [3.63, 3.8) is 0 Å². The number of fused-ring (bicyclic) bond motifs is 1. The summed E-state index contributed by atoms with van der Waals surface area (Å²) in [7, 11) is 2.97. The maximum Gasteiger partial charge on any atom is 0.409 e. The lowest BCUT2D eigenvalue weighted by atomic mass is 9.99. The molecule has 23 heteroatoms. The van der Waals surface area contributed by atoms with Crippen molar-refractivity contribution in [3.05, 3.63) is 29.8 Å². The van der Waals surface area contributed by atoms with Crippen molar-refractivity contribution in [2.75, 3.05) is 52.2 Å². The molecule has 0 saturated carbocycles. The van der Waals surface area contributed by atoms with Gasteiger partial charge < -0.3 is 61.2 Å². The Morgan fingerprint density at radius 2 is 1.63 bits per heavy atom. The zero-order valence-electron chi connectivity index (χ0n) is 38.4. The molecule has 1 aromatic carbocycles. The number of thioether (sulfide) groups is 1. The highest BCUT2D eigenvalue weighted by Gasteiger charge is 2.48. The van der Waals surface area contributed by atoms with E-state index < -0.39 is 90.1 Å². The lowest BCUT2D eigenvalue weighted by molar-refractivity contribution is -0.165. The number of carbonyl (C=O) groups is 8. The van der Waals surface area contributed by atoms with E-state index in [0.717, 1.165) is 9.94 Å². The van der Waals surface area contributed by atoms with Crippen LogP contribution in [0.1, 0.15) is 79.0 Å². The summed E-state index contributed by atoms with van der Waals surface area (Å²) < 4.78 is 24.1. The van der Waals surface area contributed by atoms with Crippen LogP contribution in [-0.4, -0.2) is 166 Å². The van der Waals surface area contributed by atoms with Gasteiger partial charge in [0.05, 0.1) is 5.04 Å². The first kappa shape index (κ1) is 50.5. The Morgan fingerprint density at radius 1 is 0.954 bits per heavy atom. The summed E-state index contributed by atoms with van der Waals surface area (Å²) in [5, 5.41) is 32.3. The number of rotatable bonds is 23. The van der Waals surface area contributed by atoms with Gasteiger partial charge in [0.2, 0.25) is 29.5 Å². The van der Waals surface area contributed by atoms with E-state index in [-0.39, 0.29) is 76.9 Å². The van der Waals surface area contributed by atoms with Gasteiger partial charge >= 0.3 is 18.2 Å². The monoisotopic (exact) mass is 935 g/mol. The first-order valence-electron chi connectivity index (χ1n) is 22.1. The van der Waals surface area contributed by atoms with Crippen molar-refractivity contribution in [2.45, 2.75) is 121 Å². The van der Waals surface area contributed by atoms with Crippen LogP contribution in [0.4, 0.5) is 20.1 Å². The van der Waals surface area contributed by atoms with Crippen molar-refractivity contribution in [1.29, 1.82) is 0 Å². The number of benzene rings is 1. The number of aliphatic hydroxyl groups is 2. The summed E-state index contributed by atoms with van der Waals surface area (Å²) >= 11 is 1.33. The van der Waals surface area contributed by atoms with Crippen molar-refractivity contribution >= 4 is 70.2 Å². The summed E-state index contributed by atoms with van der Waals surface area (Å²) in [5.74, 6) is -2.79. The molecule has 22 nitrogen and oxygen atoms in total. The summed E-state index contributed by atoms with van der Waals surface area (Å²) in [6, 6.07) is 3.03. The molecule has 360 valence electrons. The lowest BCUT2D eigenvalue weighted by Crippen LogP contribution is -2.56. The second-order valence-corrected chi connectivity index (χ2v) is 17.6. The lowest BCUT2D eigenvalue weighted by Gasteiger charge is -2.38. The number of aliphatic imine (C=N–C) groups is 1.